The number of nitrogens with zero attached hydrogens (tertiary/aromatic N) is 5. The molecule has 4 fully saturated rings. The summed E-state index contributed by atoms with van der Waals surface area (Å²) in [5.74, 6) is -0.442. The molecule has 5 aliphatic rings. The van der Waals surface area contributed by atoms with Gasteiger partial charge in [-0.2, -0.15) is 0 Å². The number of carbonyl (C=O) groups is 4. The fourth-order valence-electron chi connectivity index (χ4n) is 8.16. The number of anilines is 2. The van der Waals surface area contributed by atoms with Crippen molar-refractivity contribution in [2.45, 2.75) is 57.3 Å². The number of ether oxygens (including phenoxy) is 2. The maximum absolute atomic E-state index is 13.2. The SMILES string of the molecule is CC(C)(c1ccc(CNC2CN(c3ccc4c(c3)C(=O)N(C3CCC(=O)NC3=O)C4=O)C2)cc1)c1ccc(OCc2ccnc(N3CC4(COC4)C3)n2)cc1. The summed E-state index contributed by atoms with van der Waals surface area (Å²) >= 11 is 0. The highest BCUT2D eigenvalue weighted by molar-refractivity contribution is 6.23. The van der Waals surface area contributed by atoms with Crippen LogP contribution in [0.1, 0.15) is 69.8 Å². The molecule has 0 bridgehead atoms. The van der Waals surface area contributed by atoms with Crippen molar-refractivity contribution >= 4 is 35.3 Å². The molecule has 13 nitrogen and oxygen atoms in total. The van der Waals surface area contributed by atoms with Crippen molar-refractivity contribution in [3.8, 4) is 5.75 Å². The zero-order valence-corrected chi connectivity index (χ0v) is 30.9. The second-order valence-electron chi connectivity index (χ2n) is 16.0. The number of hydrogen-bond acceptors (Lipinski definition) is 11. The second kappa shape index (κ2) is 13.6. The van der Waals surface area contributed by atoms with Crippen molar-refractivity contribution in [2.75, 3.05) is 49.2 Å². The molecule has 9 rings (SSSR count). The Kier molecular flexibility index (Phi) is 8.65. The van der Waals surface area contributed by atoms with Gasteiger partial charge in [-0.1, -0.05) is 50.2 Å². The second-order valence-corrected chi connectivity index (χ2v) is 16.0. The van der Waals surface area contributed by atoms with E-state index in [9.17, 15) is 19.2 Å². The first kappa shape index (κ1) is 35.1. The fraction of sp³-hybridized carbons (Fsp3) is 0.381. The number of piperidine rings is 1. The van der Waals surface area contributed by atoms with Crippen LogP contribution in [0.25, 0.3) is 0 Å². The van der Waals surface area contributed by atoms with Gasteiger partial charge in [-0.05, 0) is 59.5 Å². The van der Waals surface area contributed by atoms with Crippen LogP contribution in [0.5, 0.6) is 5.75 Å². The largest absolute Gasteiger partial charge is 0.487 e. The predicted octanol–water partition coefficient (Wildman–Crippen LogP) is 3.60. The maximum Gasteiger partial charge on any atom is 0.262 e. The Morgan fingerprint density at radius 3 is 2.29 bits per heavy atom. The first-order chi connectivity index (χ1) is 26.5. The van der Waals surface area contributed by atoms with E-state index in [2.05, 4.69) is 75.7 Å². The van der Waals surface area contributed by atoms with Crippen LogP contribution in [0.4, 0.5) is 11.6 Å². The number of hydrogen-bond donors (Lipinski definition) is 2. The van der Waals surface area contributed by atoms with Crippen LogP contribution in [-0.4, -0.2) is 90.0 Å². The molecule has 0 saturated carbocycles. The lowest BCUT2D eigenvalue weighted by Crippen LogP contribution is -2.66. The minimum Gasteiger partial charge on any atom is -0.487 e. The Hall–Kier alpha value is -5.66. The molecule has 1 aromatic heterocycles. The maximum atomic E-state index is 13.2. The minimum absolute atomic E-state index is 0.0928. The number of nitrogens with one attached hydrogen (secondary N) is 2. The molecule has 282 valence electrons. The third-order valence-electron chi connectivity index (χ3n) is 11.8. The summed E-state index contributed by atoms with van der Waals surface area (Å²) < 4.78 is 11.5. The quantitative estimate of drug-likeness (QED) is 0.218. The molecule has 1 atom stereocenters. The standard InChI is InChI=1S/C42H43N7O6/c1-41(2,28-7-10-32(11-8-28)55-21-29-15-16-43-40(45-29)48-22-42(23-48)24-54-25-42)27-5-3-26(4-6-27)18-44-30-19-47(20-30)31-9-12-33-34(17-31)39(53)49(38(33)52)35-13-14-36(50)46-37(35)51/h3-12,15-17,30,35,44H,13-14,18-25H2,1-2H3,(H,46,50,51). The number of imide groups is 2. The van der Waals surface area contributed by atoms with Gasteiger partial charge >= 0.3 is 0 Å². The lowest BCUT2D eigenvalue weighted by atomic mass is 9.78. The molecule has 1 unspecified atom stereocenters. The van der Waals surface area contributed by atoms with E-state index >= 15 is 0 Å². The van der Waals surface area contributed by atoms with Crippen LogP contribution in [0.3, 0.4) is 0 Å². The van der Waals surface area contributed by atoms with Crippen molar-refractivity contribution in [2.24, 2.45) is 5.41 Å². The van der Waals surface area contributed by atoms with Gasteiger partial charge in [-0.3, -0.25) is 29.4 Å². The van der Waals surface area contributed by atoms with E-state index in [0.717, 1.165) is 73.9 Å². The number of aromatic nitrogens is 2. The molecule has 0 radical (unpaired) electrons. The van der Waals surface area contributed by atoms with E-state index in [1.807, 2.05) is 24.3 Å². The molecular formula is C42H43N7O6. The van der Waals surface area contributed by atoms with Crippen LogP contribution in [0.15, 0.2) is 79.0 Å². The lowest BCUT2D eigenvalue weighted by Gasteiger charge is -2.54. The summed E-state index contributed by atoms with van der Waals surface area (Å²) in [7, 11) is 0. The first-order valence-corrected chi connectivity index (χ1v) is 18.9. The Labute approximate surface area is 319 Å². The Morgan fingerprint density at radius 2 is 1.60 bits per heavy atom. The van der Waals surface area contributed by atoms with Crippen molar-refractivity contribution in [3.05, 3.63) is 113 Å². The average molecular weight is 742 g/mol. The van der Waals surface area contributed by atoms with E-state index in [4.69, 9.17) is 14.5 Å². The Balaban J connectivity index is 0.747. The summed E-state index contributed by atoms with van der Waals surface area (Å²) in [6, 6.07) is 23.5. The average Bonchev–Trinajstić information content (AvgIpc) is 3.37. The smallest absolute Gasteiger partial charge is 0.262 e. The van der Waals surface area contributed by atoms with Crippen LogP contribution in [-0.2, 0) is 32.9 Å². The normalized spacial score (nSPS) is 20.5. The van der Waals surface area contributed by atoms with Crippen molar-refractivity contribution < 1.29 is 28.7 Å². The third kappa shape index (κ3) is 6.50. The summed E-state index contributed by atoms with van der Waals surface area (Å²) in [6.45, 7) is 10.6. The minimum atomic E-state index is -0.971. The van der Waals surface area contributed by atoms with Gasteiger partial charge < -0.3 is 24.6 Å². The summed E-state index contributed by atoms with van der Waals surface area (Å²) in [6.07, 6.45) is 2.03. The molecule has 4 saturated heterocycles. The van der Waals surface area contributed by atoms with Crippen molar-refractivity contribution in [3.63, 3.8) is 0 Å². The zero-order chi connectivity index (χ0) is 37.9. The van der Waals surface area contributed by atoms with Gasteiger partial charge in [0.05, 0.1) is 35.4 Å². The molecule has 2 N–H and O–H groups in total. The first-order valence-electron chi connectivity index (χ1n) is 18.9. The summed E-state index contributed by atoms with van der Waals surface area (Å²) in [5, 5.41) is 5.87. The highest BCUT2D eigenvalue weighted by Crippen LogP contribution is 2.39. The van der Waals surface area contributed by atoms with Gasteiger partial charge in [0, 0.05) is 62.5 Å². The summed E-state index contributed by atoms with van der Waals surface area (Å²) in [4.78, 5) is 64.8. The molecule has 1 spiro atoms. The van der Waals surface area contributed by atoms with E-state index in [1.54, 1.807) is 18.3 Å². The molecule has 5 aliphatic heterocycles. The van der Waals surface area contributed by atoms with Crippen LogP contribution in [0, 0.1) is 5.41 Å². The number of benzene rings is 3. The predicted molar refractivity (Wildman–Crippen MR) is 203 cm³/mol. The number of rotatable bonds is 11. The molecule has 4 amide bonds. The molecule has 3 aromatic carbocycles. The highest BCUT2D eigenvalue weighted by Gasteiger charge is 2.50. The molecule has 0 aliphatic carbocycles. The van der Waals surface area contributed by atoms with Gasteiger partial charge in [-0.25, -0.2) is 9.97 Å². The monoisotopic (exact) mass is 741 g/mol. The van der Waals surface area contributed by atoms with Gasteiger partial charge in [0.25, 0.3) is 11.8 Å². The van der Waals surface area contributed by atoms with E-state index in [-0.39, 0.29) is 29.9 Å². The molecule has 55 heavy (non-hydrogen) atoms. The number of amides is 4. The molecule has 6 heterocycles. The topological polar surface area (TPSA) is 146 Å². The van der Waals surface area contributed by atoms with Crippen molar-refractivity contribution in [1.82, 2.24) is 25.5 Å². The van der Waals surface area contributed by atoms with E-state index in [1.165, 1.54) is 16.7 Å². The van der Waals surface area contributed by atoms with Gasteiger partial charge in [0.15, 0.2) is 0 Å². The van der Waals surface area contributed by atoms with Crippen LogP contribution in [0.2, 0.25) is 0 Å². The van der Waals surface area contributed by atoms with Gasteiger partial charge in [0.1, 0.15) is 18.4 Å². The lowest BCUT2D eigenvalue weighted by molar-refractivity contribution is -0.136. The Morgan fingerprint density at radius 1 is 0.891 bits per heavy atom. The molecular weight excluding hydrogens is 699 g/mol. The van der Waals surface area contributed by atoms with Crippen molar-refractivity contribution in [1.29, 1.82) is 0 Å². The third-order valence-corrected chi connectivity index (χ3v) is 11.8. The van der Waals surface area contributed by atoms with E-state index < -0.39 is 29.7 Å². The van der Waals surface area contributed by atoms with E-state index in [0.29, 0.717) is 17.6 Å². The number of fused-ring (bicyclic) bond motifs is 1. The van der Waals surface area contributed by atoms with Crippen LogP contribution < -0.4 is 25.2 Å². The molecule has 13 heteroatoms. The van der Waals surface area contributed by atoms with Crippen LogP contribution >= 0.6 is 0 Å². The molecule has 4 aromatic rings. The zero-order valence-electron chi connectivity index (χ0n) is 30.9. The highest BCUT2D eigenvalue weighted by atomic mass is 16.5. The van der Waals surface area contributed by atoms with Gasteiger partial charge in [-0.15, -0.1) is 0 Å². The Bertz CT molecular complexity index is 2170. The fourth-order valence-corrected chi connectivity index (χ4v) is 8.16. The van der Waals surface area contributed by atoms with Gasteiger partial charge in [0.2, 0.25) is 17.8 Å². The number of carbonyl (C=O) groups excluding carboxylic acids is 4. The summed E-state index contributed by atoms with van der Waals surface area (Å²) in [5.41, 5.74) is 5.99.